The first kappa shape index (κ1) is 13.8. The fourth-order valence-electron chi connectivity index (χ4n) is 2.38. The van der Waals surface area contributed by atoms with E-state index in [9.17, 15) is 0 Å². The summed E-state index contributed by atoms with van der Waals surface area (Å²) in [4.78, 5) is 4.74. The average Bonchev–Trinajstić information content (AvgIpc) is 2.90. The monoisotopic (exact) mass is 345 g/mol. The summed E-state index contributed by atoms with van der Waals surface area (Å²) in [6.45, 7) is 0. The van der Waals surface area contributed by atoms with Gasteiger partial charge in [0.05, 0.1) is 15.2 Å². The van der Waals surface area contributed by atoms with E-state index in [1.165, 1.54) is 15.3 Å². The zero-order valence-corrected chi connectivity index (χ0v) is 13.5. The fourth-order valence-corrected chi connectivity index (χ4v) is 3.92. The molecule has 102 valence electrons. The summed E-state index contributed by atoms with van der Waals surface area (Å²) in [5, 5.41) is 2.25. The van der Waals surface area contributed by atoms with Crippen molar-refractivity contribution >= 4 is 37.5 Å². The van der Waals surface area contributed by atoms with Gasteiger partial charge in [-0.25, -0.2) is 4.98 Å². The Bertz CT molecular complexity index is 645. The van der Waals surface area contributed by atoms with Crippen molar-refractivity contribution in [3.8, 4) is 0 Å². The molecule has 0 radical (unpaired) electrons. The van der Waals surface area contributed by atoms with Crippen LogP contribution in [-0.4, -0.2) is 10.3 Å². The third-order valence-electron chi connectivity index (χ3n) is 3.39. The molecule has 3 heteroatoms. The maximum Gasteiger partial charge on any atom is 0.0941 e. The molecule has 2 aromatic carbocycles. The van der Waals surface area contributed by atoms with Gasteiger partial charge in [-0.15, -0.1) is 11.3 Å². The highest BCUT2D eigenvalue weighted by Crippen LogP contribution is 2.25. The Kier molecular flexibility index (Phi) is 4.48. The van der Waals surface area contributed by atoms with Crippen LogP contribution in [0.4, 0.5) is 0 Å². The summed E-state index contributed by atoms with van der Waals surface area (Å²) in [6, 6.07) is 19.1. The number of hydrogen-bond donors (Lipinski definition) is 0. The molecule has 3 aromatic rings. The predicted octanol–water partition coefficient (Wildman–Crippen LogP) is 5.09. The molecule has 0 bridgehead atoms. The molecule has 0 saturated carbocycles. The number of fused-ring (bicyclic) bond motifs is 1. The molecule has 20 heavy (non-hydrogen) atoms. The van der Waals surface area contributed by atoms with Gasteiger partial charge in [0.15, 0.2) is 0 Å². The average molecular weight is 346 g/mol. The molecule has 1 heterocycles. The lowest BCUT2D eigenvalue weighted by Crippen LogP contribution is -2.09. The molecule has 1 aromatic heterocycles. The van der Waals surface area contributed by atoms with E-state index in [-0.39, 0.29) is 0 Å². The molecule has 0 amide bonds. The summed E-state index contributed by atoms with van der Waals surface area (Å²) < 4.78 is 1.29. The van der Waals surface area contributed by atoms with E-state index in [0.717, 1.165) is 23.7 Å². The largest absolute Gasteiger partial charge is 0.241 e. The Morgan fingerprint density at radius 3 is 2.45 bits per heavy atom. The van der Waals surface area contributed by atoms with Crippen molar-refractivity contribution in [1.29, 1.82) is 0 Å². The lowest BCUT2D eigenvalue weighted by molar-refractivity contribution is 0.590. The number of nitrogens with zero attached hydrogens (tertiary/aromatic N) is 1. The number of benzene rings is 2. The minimum atomic E-state index is 0.595. The molecule has 3 rings (SSSR count). The van der Waals surface area contributed by atoms with Gasteiger partial charge in [0, 0.05) is 11.8 Å². The van der Waals surface area contributed by atoms with Crippen LogP contribution in [0.3, 0.4) is 0 Å². The molecule has 0 saturated heterocycles. The van der Waals surface area contributed by atoms with Gasteiger partial charge in [-0.3, -0.25) is 0 Å². The van der Waals surface area contributed by atoms with Crippen molar-refractivity contribution in [3.05, 3.63) is 65.2 Å². The normalized spacial score (nSPS) is 12.7. The van der Waals surface area contributed by atoms with Crippen molar-refractivity contribution in [1.82, 2.24) is 4.98 Å². The first-order valence-electron chi connectivity index (χ1n) is 6.79. The van der Waals surface area contributed by atoms with Gasteiger partial charge in [-0.05, 0) is 30.0 Å². The second-order valence-corrected chi connectivity index (χ2v) is 6.75. The van der Waals surface area contributed by atoms with E-state index < -0.39 is 0 Å². The summed E-state index contributed by atoms with van der Waals surface area (Å²) in [7, 11) is 0. The Labute approximate surface area is 131 Å². The van der Waals surface area contributed by atoms with Crippen molar-refractivity contribution in [2.24, 2.45) is 5.92 Å². The lowest BCUT2D eigenvalue weighted by atomic mass is 9.98. The van der Waals surface area contributed by atoms with Crippen LogP contribution in [0.25, 0.3) is 10.2 Å². The van der Waals surface area contributed by atoms with Gasteiger partial charge in [0.2, 0.25) is 0 Å². The van der Waals surface area contributed by atoms with Crippen LogP contribution in [0.15, 0.2) is 54.6 Å². The quantitative estimate of drug-likeness (QED) is 0.586. The van der Waals surface area contributed by atoms with E-state index in [1.807, 2.05) is 11.3 Å². The Morgan fingerprint density at radius 1 is 0.950 bits per heavy atom. The standard InChI is InChI=1S/C17H16BrNS/c18-12-14(10-13-6-2-1-3-7-13)11-17-19-15-8-4-5-9-16(15)20-17/h1-9,14H,10-12H2. The van der Waals surface area contributed by atoms with Crippen molar-refractivity contribution in [2.45, 2.75) is 12.8 Å². The van der Waals surface area contributed by atoms with Crippen LogP contribution >= 0.6 is 27.3 Å². The summed E-state index contributed by atoms with van der Waals surface area (Å²) in [5.41, 5.74) is 2.53. The number of alkyl halides is 1. The van der Waals surface area contributed by atoms with Crippen LogP contribution < -0.4 is 0 Å². The Hall–Kier alpha value is -1.19. The summed E-state index contributed by atoms with van der Waals surface area (Å²) in [5.74, 6) is 0.595. The molecular weight excluding hydrogens is 330 g/mol. The molecule has 1 unspecified atom stereocenters. The highest BCUT2D eigenvalue weighted by Gasteiger charge is 2.12. The number of aromatic nitrogens is 1. The van der Waals surface area contributed by atoms with Gasteiger partial charge >= 0.3 is 0 Å². The smallest absolute Gasteiger partial charge is 0.0941 e. The molecule has 0 fully saturated rings. The van der Waals surface area contributed by atoms with Crippen LogP contribution in [0.2, 0.25) is 0 Å². The Balaban J connectivity index is 1.74. The zero-order chi connectivity index (χ0) is 13.8. The molecule has 1 nitrogen and oxygen atoms in total. The number of hydrogen-bond acceptors (Lipinski definition) is 2. The topological polar surface area (TPSA) is 12.9 Å². The molecule has 0 aliphatic carbocycles. The van der Waals surface area contributed by atoms with Crippen LogP contribution in [0, 0.1) is 5.92 Å². The zero-order valence-electron chi connectivity index (χ0n) is 11.1. The predicted molar refractivity (Wildman–Crippen MR) is 90.8 cm³/mol. The highest BCUT2D eigenvalue weighted by atomic mass is 79.9. The molecule has 0 aliphatic rings. The SMILES string of the molecule is BrCC(Cc1ccccc1)Cc1nc2ccccc2s1. The summed E-state index contributed by atoms with van der Waals surface area (Å²) in [6.07, 6.45) is 2.14. The van der Waals surface area contributed by atoms with Crippen molar-refractivity contribution in [3.63, 3.8) is 0 Å². The highest BCUT2D eigenvalue weighted by molar-refractivity contribution is 9.09. The van der Waals surface area contributed by atoms with E-state index in [2.05, 4.69) is 70.5 Å². The van der Waals surface area contributed by atoms with Gasteiger partial charge in [-0.1, -0.05) is 58.4 Å². The third-order valence-corrected chi connectivity index (χ3v) is 5.36. The maximum atomic E-state index is 4.74. The number of rotatable bonds is 5. The Morgan fingerprint density at radius 2 is 1.70 bits per heavy atom. The van der Waals surface area contributed by atoms with E-state index in [1.54, 1.807) is 0 Å². The van der Waals surface area contributed by atoms with Crippen molar-refractivity contribution in [2.75, 3.05) is 5.33 Å². The molecular formula is C17H16BrNS. The maximum absolute atomic E-state index is 4.74. The second kappa shape index (κ2) is 6.51. The van der Waals surface area contributed by atoms with E-state index in [4.69, 9.17) is 4.98 Å². The van der Waals surface area contributed by atoms with E-state index in [0.29, 0.717) is 5.92 Å². The minimum absolute atomic E-state index is 0.595. The molecule has 0 aliphatic heterocycles. The first-order valence-corrected chi connectivity index (χ1v) is 8.73. The molecule has 1 atom stereocenters. The number of halogens is 1. The van der Waals surface area contributed by atoms with Crippen molar-refractivity contribution < 1.29 is 0 Å². The van der Waals surface area contributed by atoms with Crippen LogP contribution in [0.1, 0.15) is 10.6 Å². The van der Waals surface area contributed by atoms with E-state index >= 15 is 0 Å². The van der Waals surface area contributed by atoms with Crippen LogP contribution in [0.5, 0.6) is 0 Å². The minimum Gasteiger partial charge on any atom is -0.241 e. The molecule has 0 spiro atoms. The number of thiazole rings is 1. The van der Waals surface area contributed by atoms with Gasteiger partial charge in [0.25, 0.3) is 0 Å². The third kappa shape index (κ3) is 3.28. The lowest BCUT2D eigenvalue weighted by Gasteiger charge is -2.12. The van der Waals surface area contributed by atoms with Gasteiger partial charge < -0.3 is 0 Å². The van der Waals surface area contributed by atoms with Crippen LogP contribution in [-0.2, 0) is 12.8 Å². The second-order valence-electron chi connectivity index (χ2n) is 4.99. The van der Waals surface area contributed by atoms with Gasteiger partial charge in [0.1, 0.15) is 0 Å². The summed E-state index contributed by atoms with van der Waals surface area (Å²) >= 11 is 5.47. The van der Waals surface area contributed by atoms with Gasteiger partial charge in [-0.2, -0.15) is 0 Å². The fraction of sp³-hybridized carbons (Fsp3) is 0.235. The molecule has 0 N–H and O–H groups in total. The number of para-hydroxylation sites is 1. The first-order chi connectivity index (χ1) is 9.85.